The van der Waals surface area contributed by atoms with Gasteiger partial charge in [0.25, 0.3) is 5.91 Å². The maximum absolute atomic E-state index is 10.7. The molecule has 2 aromatic carbocycles. The molecule has 28 heavy (non-hydrogen) atoms. The minimum atomic E-state index is -0.490. The summed E-state index contributed by atoms with van der Waals surface area (Å²) in [4.78, 5) is 14.9. The number of nitrogens with one attached hydrogen (secondary N) is 2. The zero-order valence-corrected chi connectivity index (χ0v) is 18.4. The zero-order valence-electron chi connectivity index (χ0n) is 16.1. The highest BCUT2D eigenvalue weighted by atomic mass is 127. The number of primary amides is 1. The SMILES string of the molecule is CN=C(NCCc1ccc(OCC(N)=O)cc1)NCc1cccc(OC)c1.I. The van der Waals surface area contributed by atoms with Crippen LogP contribution in [0.1, 0.15) is 11.1 Å². The van der Waals surface area contributed by atoms with Gasteiger partial charge in [0, 0.05) is 20.1 Å². The summed E-state index contributed by atoms with van der Waals surface area (Å²) in [5.74, 6) is 1.71. The van der Waals surface area contributed by atoms with E-state index in [2.05, 4.69) is 15.6 Å². The lowest BCUT2D eigenvalue weighted by molar-refractivity contribution is -0.119. The first-order valence-electron chi connectivity index (χ1n) is 8.68. The topological polar surface area (TPSA) is 98.0 Å². The second-order valence-corrected chi connectivity index (χ2v) is 5.85. The molecule has 0 fully saturated rings. The molecule has 0 unspecified atom stereocenters. The largest absolute Gasteiger partial charge is 0.497 e. The van der Waals surface area contributed by atoms with E-state index < -0.39 is 5.91 Å². The minimum absolute atomic E-state index is 0. The van der Waals surface area contributed by atoms with E-state index in [4.69, 9.17) is 15.2 Å². The zero-order chi connectivity index (χ0) is 19.5. The molecule has 0 saturated heterocycles. The lowest BCUT2D eigenvalue weighted by Gasteiger charge is -2.12. The molecule has 152 valence electrons. The average molecular weight is 498 g/mol. The van der Waals surface area contributed by atoms with Crippen LogP contribution in [-0.4, -0.2) is 39.2 Å². The van der Waals surface area contributed by atoms with Crippen LogP contribution in [0.25, 0.3) is 0 Å². The fraction of sp³-hybridized carbons (Fsp3) is 0.300. The normalized spacial score (nSPS) is 10.6. The monoisotopic (exact) mass is 498 g/mol. The van der Waals surface area contributed by atoms with E-state index in [-0.39, 0.29) is 30.6 Å². The molecule has 8 heteroatoms. The molecule has 0 saturated carbocycles. The van der Waals surface area contributed by atoms with Crippen molar-refractivity contribution < 1.29 is 14.3 Å². The van der Waals surface area contributed by atoms with Gasteiger partial charge in [-0.15, -0.1) is 24.0 Å². The Balaban J connectivity index is 0.00000392. The van der Waals surface area contributed by atoms with Crippen molar-refractivity contribution in [3.8, 4) is 11.5 Å². The Morgan fingerprint density at radius 1 is 1.07 bits per heavy atom. The molecule has 0 aliphatic carbocycles. The fourth-order valence-corrected chi connectivity index (χ4v) is 2.42. The van der Waals surface area contributed by atoms with Gasteiger partial charge in [-0.3, -0.25) is 9.79 Å². The first-order valence-corrected chi connectivity index (χ1v) is 8.68. The summed E-state index contributed by atoms with van der Waals surface area (Å²) < 4.78 is 10.5. The molecule has 0 aromatic heterocycles. The van der Waals surface area contributed by atoms with E-state index in [1.807, 2.05) is 48.5 Å². The molecule has 2 aromatic rings. The van der Waals surface area contributed by atoms with Crippen molar-refractivity contribution in [1.29, 1.82) is 0 Å². The van der Waals surface area contributed by atoms with Gasteiger partial charge in [-0.2, -0.15) is 0 Å². The van der Waals surface area contributed by atoms with Gasteiger partial charge in [-0.05, 0) is 41.8 Å². The molecule has 0 heterocycles. The summed E-state index contributed by atoms with van der Waals surface area (Å²) in [6, 6.07) is 15.5. The van der Waals surface area contributed by atoms with Crippen molar-refractivity contribution in [2.24, 2.45) is 10.7 Å². The van der Waals surface area contributed by atoms with Crippen molar-refractivity contribution in [1.82, 2.24) is 10.6 Å². The Morgan fingerprint density at radius 2 is 1.82 bits per heavy atom. The van der Waals surface area contributed by atoms with Crippen molar-refractivity contribution in [3.05, 3.63) is 59.7 Å². The van der Waals surface area contributed by atoms with Crippen LogP contribution in [0.2, 0.25) is 0 Å². The summed E-state index contributed by atoms with van der Waals surface area (Å²) >= 11 is 0. The lowest BCUT2D eigenvalue weighted by atomic mass is 10.1. The molecule has 0 aliphatic heterocycles. The Morgan fingerprint density at radius 3 is 2.46 bits per heavy atom. The highest BCUT2D eigenvalue weighted by molar-refractivity contribution is 14.0. The number of benzene rings is 2. The third-order valence-corrected chi connectivity index (χ3v) is 3.83. The van der Waals surface area contributed by atoms with Crippen molar-refractivity contribution >= 4 is 35.8 Å². The first kappa shape index (κ1) is 23.5. The van der Waals surface area contributed by atoms with E-state index in [0.717, 1.165) is 35.8 Å². The number of nitrogens with two attached hydrogens (primary N) is 1. The van der Waals surface area contributed by atoms with Crippen LogP contribution in [0.4, 0.5) is 0 Å². The van der Waals surface area contributed by atoms with Crippen LogP contribution in [-0.2, 0) is 17.8 Å². The Labute approximate surface area is 182 Å². The quantitative estimate of drug-likeness (QED) is 0.280. The summed E-state index contributed by atoms with van der Waals surface area (Å²) in [5, 5.41) is 6.57. The maximum Gasteiger partial charge on any atom is 0.255 e. The van der Waals surface area contributed by atoms with Gasteiger partial charge < -0.3 is 25.8 Å². The van der Waals surface area contributed by atoms with E-state index in [1.165, 1.54) is 0 Å². The van der Waals surface area contributed by atoms with Crippen LogP contribution >= 0.6 is 24.0 Å². The number of methoxy groups -OCH3 is 1. The second kappa shape index (κ2) is 12.8. The van der Waals surface area contributed by atoms with Gasteiger partial charge in [0.2, 0.25) is 0 Å². The van der Waals surface area contributed by atoms with Crippen molar-refractivity contribution in [3.63, 3.8) is 0 Å². The molecule has 2 rings (SSSR count). The van der Waals surface area contributed by atoms with E-state index >= 15 is 0 Å². The van der Waals surface area contributed by atoms with Crippen LogP contribution in [0.5, 0.6) is 11.5 Å². The number of hydrogen-bond donors (Lipinski definition) is 3. The summed E-state index contributed by atoms with van der Waals surface area (Å²) in [7, 11) is 3.40. The number of rotatable bonds is 9. The third kappa shape index (κ3) is 8.47. The molecule has 7 nitrogen and oxygen atoms in total. The van der Waals surface area contributed by atoms with Gasteiger partial charge in [0.1, 0.15) is 11.5 Å². The van der Waals surface area contributed by atoms with Crippen molar-refractivity contribution in [2.45, 2.75) is 13.0 Å². The van der Waals surface area contributed by atoms with E-state index in [0.29, 0.717) is 12.3 Å². The molecule has 1 amide bonds. The highest BCUT2D eigenvalue weighted by Gasteiger charge is 2.01. The Bertz CT molecular complexity index is 766. The molecule has 0 atom stereocenters. The molecule has 0 bridgehead atoms. The number of guanidine groups is 1. The van der Waals surface area contributed by atoms with Crippen LogP contribution in [0, 0.1) is 0 Å². The molecule has 0 radical (unpaired) electrons. The Hall–Kier alpha value is -2.49. The van der Waals surface area contributed by atoms with E-state index in [9.17, 15) is 4.79 Å². The van der Waals surface area contributed by atoms with E-state index in [1.54, 1.807) is 14.2 Å². The average Bonchev–Trinajstić information content (AvgIpc) is 2.70. The highest BCUT2D eigenvalue weighted by Crippen LogP contribution is 2.13. The molecular weight excluding hydrogens is 471 g/mol. The smallest absolute Gasteiger partial charge is 0.255 e. The lowest BCUT2D eigenvalue weighted by Crippen LogP contribution is -2.37. The van der Waals surface area contributed by atoms with Crippen LogP contribution in [0.3, 0.4) is 0 Å². The number of aliphatic imine (C=N–C) groups is 1. The van der Waals surface area contributed by atoms with Gasteiger partial charge in [-0.1, -0.05) is 24.3 Å². The number of hydrogen-bond acceptors (Lipinski definition) is 4. The summed E-state index contributed by atoms with van der Waals surface area (Å²) in [5.41, 5.74) is 7.32. The number of amides is 1. The van der Waals surface area contributed by atoms with Gasteiger partial charge in [-0.25, -0.2) is 0 Å². The number of carbonyl (C=O) groups is 1. The third-order valence-electron chi connectivity index (χ3n) is 3.83. The van der Waals surface area contributed by atoms with Gasteiger partial charge in [0.05, 0.1) is 7.11 Å². The predicted molar refractivity (Wildman–Crippen MR) is 121 cm³/mol. The number of carbonyl (C=O) groups excluding carboxylic acids is 1. The number of halogens is 1. The number of ether oxygens (including phenoxy) is 2. The molecule has 4 N–H and O–H groups in total. The molecular formula is C20H27IN4O3. The standard InChI is InChI=1S/C20H26N4O3.HI/c1-22-20(24-13-16-4-3-5-18(12-16)26-2)23-11-10-15-6-8-17(9-7-15)27-14-19(21)25;/h3-9,12H,10-11,13-14H2,1-2H3,(H2,21,25)(H2,22,23,24);1H. The summed E-state index contributed by atoms with van der Waals surface area (Å²) in [6.07, 6.45) is 0.829. The molecule has 0 aliphatic rings. The second-order valence-electron chi connectivity index (χ2n) is 5.85. The first-order chi connectivity index (χ1) is 13.1. The van der Waals surface area contributed by atoms with Gasteiger partial charge >= 0.3 is 0 Å². The van der Waals surface area contributed by atoms with Crippen molar-refractivity contribution in [2.75, 3.05) is 27.3 Å². The predicted octanol–water partition coefficient (Wildman–Crippen LogP) is 2.09. The minimum Gasteiger partial charge on any atom is -0.497 e. The van der Waals surface area contributed by atoms with Crippen LogP contribution in [0.15, 0.2) is 53.5 Å². The van der Waals surface area contributed by atoms with Gasteiger partial charge in [0.15, 0.2) is 12.6 Å². The maximum atomic E-state index is 10.7. The summed E-state index contributed by atoms with van der Waals surface area (Å²) in [6.45, 7) is 1.28. The molecule has 0 spiro atoms. The Kier molecular flexibility index (Phi) is 10.8. The fourth-order valence-electron chi connectivity index (χ4n) is 2.42. The number of nitrogens with zero attached hydrogens (tertiary/aromatic N) is 1. The van der Waals surface area contributed by atoms with Crippen LogP contribution < -0.4 is 25.8 Å².